The summed E-state index contributed by atoms with van der Waals surface area (Å²) < 4.78 is 13.0. The average molecular weight is 549 g/mol. The molecule has 4 aromatic rings. The molecule has 2 aromatic heterocycles. The third-order valence-corrected chi connectivity index (χ3v) is 7.26. The third-order valence-electron chi connectivity index (χ3n) is 6.03. The maximum Gasteiger partial charge on any atom is 0.338 e. The van der Waals surface area contributed by atoms with Gasteiger partial charge in [-0.15, -0.1) is 0 Å². The predicted octanol–water partition coefficient (Wildman–Crippen LogP) is 4.41. The molecule has 0 saturated carbocycles. The minimum absolute atomic E-state index is 0.109. The Balaban J connectivity index is 1.64. The summed E-state index contributed by atoms with van der Waals surface area (Å²) in [5, 5.41) is 10.0. The number of aromatic nitrogens is 1. The second-order valence-corrected chi connectivity index (χ2v) is 9.85. The number of esters is 1. The van der Waals surface area contributed by atoms with Gasteiger partial charge in [0, 0.05) is 16.7 Å². The van der Waals surface area contributed by atoms with Crippen LogP contribution in [-0.4, -0.2) is 28.2 Å². The Morgan fingerprint density at radius 3 is 2.61 bits per heavy atom. The number of thiazole rings is 1. The van der Waals surface area contributed by atoms with Gasteiger partial charge in [0.15, 0.2) is 4.80 Å². The van der Waals surface area contributed by atoms with E-state index in [0.717, 1.165) is 11.3 Å². The summed E-state index contributed by atoms with van der Waals surface area (Å²) in [4.78, 5) is 43.2. The van der Waals surface area contributed by atoms with E-state index in [0.29, 0.717) is 42.7 Å². The van der Waals surface area contributed by atoms with E-state index in [-0.39, 0.29) is 23.3 Å². The fourth-order valence-corrected chi connectivity index (χ4v) is 5.49. The summed E-state index contributed by atoms with van der Waals surface area (Å²) in [7, 11) is 0. The van der Waals surface area contributed by atoms with Crippen LogP contribution in [0.2, 0.25) is 5.02 Å². The van der Waals surface area contributed by atoms with E-state index in [1.807, 2.05) is 0 Å². The van der Waals surface area contributed by atoms with Gasteiger partial charge in [-0.1, -0.05) is 53.3 Å². The number of nitrogens with zero attached hydrogens (tertiary/aromatic N) is 2. The van der Waals surface area contributed by atoms with E-state index >= 15 is 0 Å². The molecule has 1 aliphatic rings. The molecule has 0 spiro atoms. The van der Waals surface area contributed by atoms with Gasteiger partial charge in [0.2, 0.25) is 0 Å². The molecular formula is C28H21ClN2O6S. The monoisotopic (exact) mass is 548 g/mol. The quantitative estimate of drug-likeness (QED) is 0.357. The van der Waals surface area contributed by atoms with E-state index in [2.05, 4.69) is 4.99 Å². The Bertz CT molecular complexity index is 1780. The number of hydrogen-bond acceptors (Lipinski definition) is 7. The third kappa shape index (κ3) is 4.62. The van der Waals surface area contributed by atoms with E-state index in [1.165, 1.54) is 10.6 Å². The summed E-state index contributed by atoms with van der Waals surface area (Å²) in [5.74, 6) is -0.881. The maximum atomic E-state index is 13.7. The van der Waals surface area contributed by atoms with E-state index in [9.17, 15) is 19.5 Å². The van der Waals surface area contributed by atoms with Gasteiger partial charge in [-0.2, -0.15) is 0 Å². The van der Waals surface area contributed by atoms with Crippen LogP contribution in [0.1, 0.15) is 41.6 Å². The molecule has 2 aromatic carbocycles. The Kier molecular flexibility index (Phi) is 6.88. The number of allylic oxidation sites excluding steroid dienone is 1. The molecule has 38 heavy (non-hydrogen) atoms. The first-order valence-electron chi connectivity index (χ1n) is 11.7. The van der Waals surface area contributed by atoms with Gasteiger partial charge in [-0.05, 0) is 49.7 Å². The number of carboxylic acid groups (broad SMARTS) is 1. The lowest BCUT2D eigenvalue weighted by molar-refractivity contribution is -0.139. The van der Waals surface area contributed by atoms with Crippen molar-refractivity contribution >= 4 is 41.0 Å². The molecule has 5 rings (SSSR count). The van der Waals surface area contributed by atoms with Crippen LogP contribution in [-0.2, 0) is 9.53 Å². The number of furan rings is 1. The number of rotatable bonds is 6. The Morgan fingerprint density at radius 1 is 1.16 bits per heavy atom. The Labute approximate surface area is 225 Å². The standard InChI is InChI=1S/C28H21ClN2O6S/c1-3-36-27(35)23-15(2)30-28-31(24(23)16-8-10-17(29)11-9-16)25(32)22(38-28)14-18-12-13-21(37-18)19-6-4-5-7-20(19)26(33)34/h4-14,24H,3H2,1-2H3,(H,33,34)/b22-14+/t24-/m0/s1. The molecule has 0 aliphatic carbocycles. The summed E-state index contributed by atoms with van der Waals surface area (Å²) in [6.45, 7) is 3.61. The van der Waals surface area contributed by atoms with Gasteiger partial charge in [0.1, 0.15) is 11.5 Å². The highest BCUT2D eigenvalue weighted by molar-refractivity contribution is 7.07. The van der Waals surface area contributed by atoms with Crippen LogP contribution in [0.15, 0.2) is 86.1 Å². The number of carboxylic acids is 1. The number of fused-ring (bicyclic) bond motifs is 1. The normalized spacial score (nSPS) is 15.2. The van der Waals surface area contributed by atoms with Crippen molar-refractivity contribution in [3.8, 4) is 11.3 Å². The first-order valence-corrected chi connectivity index (χ1v) is 12.9. The molecule has 8 nitrogen and oxygen atoms in total. The summed E-state index contributed by atoms with van der Waals surface area (Å²) in [6, 6.07) is 16.0. The largest absolute Gasteiger partial charge is 0.478 e. The molecule has 1 atom stereocenters. The van der Waals surface area contributed by atoms with Gasteiger partial charge in [-0.3, -0.25) is 9.36 Å². The SMILES string of the molecule is CCOC(=O)C1=C(C)N=c2s/c(=C/c3ccc(-c4ccccc4C(=O)O)o3)c(=O)n2[C@H]1c1ccc(Cl)cc1. The molecular weight excluding hydrogens is 528 g/mol. The summed E-state index contributed by atoms with van der Waals surface area (Å²) in [5.41, 5.74) is 1.61. The van der Waals surface area contributed by atoms with Crippen molar-refractivity contribution in [3.05, 3.63) is 114 Å². The molecule has 0 radical (unpaired) electrons. The minimum Gasteiger partial charge on any atom is -0.478 e. The molecule has 0 unspecified atom stereocenters. The molecule has 0 fully saturated rings. The van der Waals surface area contributed by atoms with Crippen LogP contribution >= 0.6 is 22.9 Å². The highest BCUT2D eigenvalue weighted by Gasteiger charge is 2.33. The lowest BCUT2D eigenvalue weighted by Gasteiger charge is -2.24. The molecule has 3 heterocycles. The topological polar surface area (TPSA) is 111 Å². The first-order chi connectivity index (χ1) is 18.3. The molecule has 0 saturated heterocycles. The van der Waals surface area contributed by atoms with Crippen LogP contribution in [0.25, 0.3) is 17.4 Å². The van der Waals surface area contributed by atoms with Crippen LogP contribution < -0.4 is 14.9 Å². The number of halogens is 1. The number of carbonyl (C=O) groups is 2. The van der Waals surface area contributed by atoms with Crippen molar-refractivity contribution in [1.29, 1.82) is 0 Å². The fourth-order valence-electron chi connectivity index (χ4n) is 4.34. The Hall–Kier alpha value is -4.21. The summed E-state index contributed by atoms with van der Waals surface area (Å²) >= 11 is 7.25. The zero-order valence-electron chi connectivity index (χ0n) is 20.3. The molecule has 1 N–H and O–H groups in total. The number of benzene rings is 2. The smallest absolute Gasteiger partial charge is 0.338 e. The number of hydrogen-bond donors (Lipinski definition) is 1. The number of carbonyl (C=O) groups excluding carboxylic acids is 1. The summed E-state index contributed by atoms with van der Waals surface area (Å²) in [6.07, 6.45) is 1.58. The highest BCUT2D eigenvalue weighted by Crippen LogP contribution is 2.31. The van der Waals surface area contributed by atoms with Crippen LogP contribution in [0.5, 0.6) is 0 Å². The van der Waals surface area contributed by atoms with Crippen LogP contribution in [0.3, 0.4) is 0 Å². The Morgan fingerprint density at radius 2 is 1.89 bits per heavy atom. The van der Waals surface area contributed by atoms with Crippen LogP contribution in [0, 0.1) is 0 Å². The van der Waals surface area contributed by atoms with E-state index in [4.69, 9.17) is 20.8 Å². The second kappa shape index (κ2) is 10.3. The number of aromatic carboxylic acids is 1. The zero-order chi connectivity index (χ0) is 27.0. The molecule has 0 amide bonds. The van der Waals surface area contributed by atoms with Gasteiger partial charge in [-0.25, -0.2) is 14.6 Å². The van der Waals surface area contributed by atoms with E-state index in [1.54, 1.807) is 74.5 Å². The van der Waals surface area contributed by atoms with Crippen molar-refractivity contribution in [2.45, 2.75) is 19.9 Å². The van der Waals surface area contributed by atoms with Crippen molar-refractivity contribution in [1.82, 2.24) is 4.57 Å². The molecule has 192 valence electrons. The fraction of sp³-hybridized carbons (Fsp3) is 0.143. The maximum absolute atomic E-state index is 13.7. The van der Waals surface area contributed by atoms with Gasteiger partial charge in [0.05, 0.1) is 34.0 Å². The molecule has 0 bridgehead atoms. The van der Waals surface area contributed by atoms with Crippen molar-refractivity contribution in [2.75, 3.05) is 6.61 Å². The lowest BCUT2D eigenvalue weighted by atomic mass is 9.96. The van der Waals surface area contributed by atoms with Crippen molar-refractivity contribution in [3.63, 3.8) is 0 Å². The van der Waals surface area contributed by atoms with Crippen molar-refractivity contribution < 1.29 is 23.8 Å². The first kappa shape index (κ1) is 25.4. The predicted molar refractivity (Wildman–Crippen MR) is 143 cm³/mol. The zero-order valence-corrected chi connectivity index (χ0v) is 21.9. The van der Waals surface area contributed by atoms with Crippen LogP contribution in [0.4, 0.5) is 0 Å². The van der Waals surface area contributed by atoms with Crippen molar-refractivity contribution in [2.24, 2.45) is 4.99 Å². The van der Waals surface area contributed by atoms with Gasteiger partial charge in [0.25, 0.3) is 5.56 Å². The average Bonchev–Trinajstić information content (AvgIpc) is 3.48. The highest BCUT2D eigenvalue weighted by atomic mass is 35.5. The minimum atomic E-state index is -1.07. The van der Waals surface area contributed by atoms with Gasteiger partial charge >= 0.3 is 11.9 Å². The van der Waals surface area contributed by atoms with Gasteiger partial charge < -0.3 is 14.3 Å². The second-order valence-electron chi connectivity index (χ2n) is 8.41. The molecule has 1 aliphatic heterocycles. The van der Waals surface area contributed by atoms with E-state index < -0.39 is 18.0 Å². The number of ether oxygens (including phenoxy) is 1. The lowest BCUT2D eigenvalue weighted by Crippen LogP contribution is -2.39. The molecule has 10 heteroatoms.